The maximum absolute atomic E-state index is 11.8. The summed E-state index contributed by atoms with van der Waals surface area (Å²) in [5, 5.41) is 6.97. The van der Waals surface area contributed by atoms with Crippen LogP contribution in [0.25, 0.3) is 0 Å². The molecule has 0 spiro atoms. The van der Waals surface area contributed by atoms with Crippen LogP contribution in [0.1, 0.15) is 31.7 Å². The van der Waals surface area contributed by atoms with Gasteiger partial charge >= 0.3 is 0 Å². The van der Waals surface area contributed by atoms with Gasteiger partial charge < -0.3 is 11.1 Å². The summed E-state index contributed by atoms with van der Waals surface area (Å²) in [6.07, 6.45) is -0.0597. The molecule has 0 saturated carbocycles. The second kappa shape index (κ2) is 8.89. The van der Waals surface area contributed by atoms with Gasteiger partial charge in [-0.25, -0.2) is 5.43 Å². The van der Waals surface area contributed by atoms with Gasteiger partial charge in [0.2, 0.25) is 17.7 Å². The summed E-state index contributed by atoms with van der Waals surface area (Å²) in [5.41, 5.74) is 9.03. The van der Waals surface area contributed by atoms with Crippen molar-refractivity contribution in [3.8, 4) is 0 Å². The minimum absolute atomic E-state index is 0.00216. The Morgan fingerprint density at radius 2 is 1.87 bits per heavy atom. The van der Waals surface area contributed by atoms with Crippen molar-refractivity contribution in [2.24, 2.45) is 10.8 Å². The van der Waals surface area contributed by atoms with Crippen molar-refractivity contribution in [1.82, 2.24) is 5.43 Å². The molecule has 0 radical (unpaired) electrons. The van der Waals surface area contributed by atoms with E-state index in [-0.39, 0.29) is 25.2 Å². The molecule has 8 heteroatoms. The molecule has 3 amide bonds. The average molecular weight is 339 g/mol. The lowest BCUT2D eigenvalue weighted by molar-refractivity contribution is -0.124. The molecule has 0 heterocycles. The Kier molecular flexibility index (Phi) is 7.21. The number of hydrogen-bond acceptors (Lipinski definition) is 4. The first-order chi connectivity index (χ1) is 10.8. The van der Waals surface area contributed by atoms with Crippen LogP contribution >= 0.6 is 11.6 Å². The first kappa shape index (κ1) is 18.6. The topological polar surface area (TPSA) is 114 Å². The normalized spacial score (nSPS) is 11.0. The average Bonchev–Trinajstić information content (AvgIpc) is 2.47. The third-order valence-electron chi connectivity index (χ3n) is 2.92. The van der Waals surface area contributed by atoms with Crippen LogP contribution < -0.4 is 16.5 Å². The van der Waals surface area contributed by atoms with Crippen LogP contribution in [-0.2, 0) is 14.4 Å². The number of carbonyl (C=O) groups is 3. The van der Waals surface area contributed by atoms with Crippen LogP contribution in [0, 0.1) is 6.92 Å². The Morgan fingerprint density at radius 1 is 1.22 bits per heavy atom. The summed E-state index contributed by atoms with van der Waals surface area (Å²) in [4.78, 5) is 34.1. The lowest BCUT2D eigenvalue weighted by Crippen LogP contribution is -2.23. The molecule has 4 N–H and O–H groups in total. The molecule has 0 fully saturated rings. The van der Waals surface area contributed by atoms with Crippen molar-refractivity contribution in [2.45, 2.75) is 33.1 Å². The maximum atomic E-state index is 11.8. The number of carbonyl (C=O) groups excluding carboxylic acids is 3. The molecule has 1 rings (SSSR count). The van der Waals surface area contributed by atoms with E-state index < -0.39 is 11.8 Å². The van der Waals surface area contributed by atoms with Crippen LogP contribution in [0.4, 0.5) is 5.69 Å². The Balaban J connectivity index is 2.42. The second-order valence-electron chi connectivity index (χ2n) is 4.99. The number of hydrazone groups is 1. The molecule has 0 aliphatic carbocycles. The summed E-state index contributed by atoms with van der Waals surface area (Å²) in [7, 11) is 0. The number of nitrogens with one attached hydrogen (secondary N) is 2. The smallest absolute Gasteiger partial charge is 0.240 e. The Labute approximate surface area is 139 Å². The molecule has 23 heavy (non-hydrogen) atoms. The highest BCUT2D eigenvalue weighted by Crippen LogP contribution is 2.22. The molecule has 0 aliphatic rings. The fraction of sp³-hybridized carbons (Fsp3) is 0.333. The molecule has 0 bridgehead atoms. The zero-order valence-electron chi connectivity index (χ0n) is 13.0. The van der Waals surface area contributed by atoms with Crippen LogP contribution in [0.2, 0.25) is 5.02 Å². The third-order valence-corrected chi connectivity index (χ3v) is 3.33. The first-order valence-electron chi connectivity index (χ1n) is 6.95. The predicted octanol–water partition coefficient (Wildman–Crippen LogP) is 1.73. The summed E-state index contributed by atoms with van der Waals surface area (Å²) < 4.78 is 0. The molecule has 124 valence electrons. The third kappa shape index (κ3) is 6.92. The quantitative estimate of drug-likeness (QED) is 0.519. The van der Waals surface area contributed by atoms with E-state index >= 15 is 0 Å². The maximum Gasteiger partial charge on any atom is 0.240 e. The van der Waals surface area contributed by atoms with E-state index in [1.54, 1.807) is 32.0 Å². The molecular weight excluding hydrogens is 320 g/mol. The van der Waals surface area contributed by atoms with Gasteiger partial charge in [0.1, 0.15) is 0 Å². The van der Waals surface area contributed by atoms with Crippen molar-refractivity contribution in [2.75, 3.05) is 5.32 Å². The van der Waals surface area contributed by atoms with Gasteiger partial charge in [0, 0.05) is 29.3 Å². The molecule has 1 aromatic rings. The largest absolute Gasteiger partial charge is 0.369 e. The van der Waals surface area contributed by atoms with E-state index in [9.17, 15) is 14.4 Å². The highest BCUT2D eigenvalue weighted by Gasteiger charge is 2.09. The molecule has 7 nitrogen and oxygen atoms in total. The number of primary amides is 1. The van der Waals surface area contributed by atoms with Crippen LogP contribution in [0.5, 0.6) is 0 Å². The summed E-state index contributed by atoms with van der Waals surface area (Å²) >= 11 is 5.97. The number of hydrogen-bond donors (Lipinski definition) is 3. The number of benzene rings is 1. The van der Waals surface area contributed by atoms with E-state index in [4.69, 9.17) is 17.3 Å². The second-order valence-corrected chi connectivity index (χ2v) is 5.39. The highest BCUT2D eigenvalue weighted by atomic mass is 35.5. The molecule has 1 aromatic carbocycles. The number of nitrogens with zero attached hydrogens (tertiary/aromatic N) is 1. The summed E-state index contributed by atoms with van der Waals surface area (Å²) in [6, 6.07) is 5.19. The van der Waals surface area contributed by atoms with E-state index in [0.717, 1.165) is 5.56 Å². The number of nitrogens with two attached hydrogens (primary N) is 1. The zero-order chi connectivity index (χ0) is 17.4. The van der Waals surface area contributed by atoms with Crippen molar-refractivity contribution in [3.63, 3.8) is 0 Å². The number of rotatable bonds is 7. The minimum Gasteiger partial charge on any atom is -0.369 e. The number of anilines is 1. The molecular formula is C15H19ClN4O3. The Bertz CT molecular complexity index is 644. The monoisotopic (exact) mass is 338 g/mol. The Hall–Kier alpha value is -2.41. The van der Waals surface area contributed by atoms with Gasteiger partial charge in [-0.1, -0.05) is 17.7 Å². The van der Waals surface area contributed by atoms with Gasteiger partial charge in [-0.3, -0.25) is 14.4 Å². The standard InChI is InChI=1S/C15H19ClN4O3/c1-9(8-13(17)21)19-20-15(23)7-6-14(22)18-12-5-3-4-11(16)10(12)2/h3-5H,6-8H2,1-2H3,(H2,17,21)(H,18,22)(H,20,23)/b19-9+. The number of amides is 3. The molecule has 0 unspecified atom stereocenters. The van der Waals surface area contributed by atoms with Gasteiger partial charge in [0.05, 0.1) is 6.42 Å². The highest BCUT2D eigenvalue weighted by molar-refractivity contribution is 6.31. The van der Waals surface area contributed by atoms with Crippen molar-refractivity contribution < 1.29 is 14.4 Å². The van der Waals surface area contributed by atoms with Crippen LogP contribution in [0.15, 0.2) is 23.3 Å². The fourth-order valence-corrected chi connectivity index (χ4v) is 1.86. The van der Waals surface area contributed by atoms with Gasteiger partial charge in [-0.2, -0.15) is 5.10 Å². The number of halogens is 1. The fourth-order valence-electron chi connectivity index (χ4n) is 1.69. The SMILES string of the molecule is C/C(CC(N)=O)=N\NC(=O)CCC(=O)Nc1cccc(Cl)c1C. The minimum atomic E-state index is -0.531. The van der Waals surface area contributed by atoms with Crippen molar-refractivity contribution in [1.29, 1.82) is 0 Å². The van der Waals surface area contributed by atoms with Gasteiger partial charge in [-0.15, -0.1) is 0 Å². The van der Waals surface area contributed by atoms with E-state index in [1.165, 1.54) is 0 Å². The summed E-state index contributed by atoms with van der Waals surface area (Å²) in [6.45, 7) is 3.36. The van der Waals surface area contributed by atoms with Gasteiger partial charge in [0.25, 0.3) is 0 Å². The first-order valence-corrected chi connectivity index (χ1v) is 7.32. The van der Waals surface area contributed by atoms with Crippen molar-refractivity contribution in [3.05, 3.63) is 28.8 Å². The van der Waals surface area contributed by atoms with E-state index in [1.807, 2.05) is 0 Å². The lowest BCUT2D eigenvalue weighted by atomic mass is 10.2. The summed E-state index contributed by atoms with van der Waals surface area (Å²) in [5.74, 6) is -1.26. The molecule has 0 aromatic heterocycles. The molecule has 0 aliphatic heterocycles. The van der Waals surface area contributed by atoms with Gasteiger partial charge in [-0.05, 0) is 31.5 Å². The lowest BCUT2D eigenvalue weighted by Gasteiger charge is -2.09. The van der Waals surface area contributed by atoms with E-state index in [2.05, 4.69) is 15.8 Å². The predicted molar refractivity (Wildman–Crippen MR) is 89.1 cm³/mol. The molecule has 0 atom stereocenters. The van der Waals surface area contributed by atoms with Crippen LogP contribution in [-0.4, -0.2) is 23.4 Å². The zero-order valence-corrected chi connectivity index (χ0v) is 13.7. The van der Waals surface area contributed by atoms with Crippen molar-refractivity contribution >= 4 is 40.7 Å². The van der Waals surface area contributed by atoms with Gasteiger partial charge in [0.15, 0.2) is 0 Å². The molecule has 0 saturated heterocycles. The van der Waals surface area contributed by atoms with Crippen LogP contribution in [0.3, 0.4) is 0 Å². The Morgan fingerprint density at radius 3 is 2.52 bits per heavy atom. The van der Waals surface area contributed by atoms with E-state index in [0.29, 0.717) is 16.4 Å².